The summed E-state index contributed by atoms with van der Waals surface area (Å²) in [5, 5.41) is 0.730. The summed E-state index contributed by atoms with van der Waals surface area (Å²) in [5.41, 5.74) is 1.18. The summed E-state index contributed by atoms with van der Waals surface area (Å²) in [6.07, 6.45) is 4.88. The third-order valence-electron chi connectivity index (χ3n) is 3.37. The van der Waals surface area contributed by atoms with Crippen LogP contribution in [0.15, 0.2) is 18.5 Å². The predicted octanol–water partition coefficient (Wildman–Crippen LogP) is 2.47. The van der Waals surface area contributed by atoms with E-state index < -0.39 is 0 Å². The maximum absolute atomic E-state index is 5.97. The van der Waals surface area contributed by atoms with Gasteiger partial charge in [0.15, 0.2) is 0 Å². The molecule has 6 heteroatoms. The van der Waals surface area contributed by atoms with Crippen LogP contribution in [0.2, 0.25) is 5.02 Å². The summed E-state index contributed by atoms with van der Waals surface area (Å²) < 4.78 is 0. The molecule has 0 saturated carbocycles. The third kappa shape index (κ3) is 2.97. The minimum Gasteiger partial charge on any atom is -0.365 e. The second-order valence-electron chi connectivity index (χ2n) is 4.30. The van der Waals surface area contributed by atoms with E-state index in [0.29, 0.717) is 6.04 Å². The Labute approximate surface area is 119 Å². The van der Waals surface area contributed by atoms with Crippen LogP contribution >= 0.6 is 36.4 Å². The van der Waals surface area contributed by atoms with Crippen LogP contribution in [-0.2, 0) is 0 Å². The topological polar surface area (TPSA) is 19.4 Å². The molecule has 2 aliphatic heterocycles. The van der Waals surface area contributed by atoms with E-state index in [0.717, 1.165) is 11.6 Å². The van der Waals surface area contributed by atoms with Gasteiger partial charge in [-0.25, -0.2) is 0 Å². The molecule has 0 N–H and O–H groups in total. The lowest BCUT2D eigenvalue weighted by molar-refractivity contribution is 0.310. The summed E-state index contributed by atoms with van der Waals surface area (Å²) in [4.78, 5) is 9.13. The van der Waals surface area contributed by atoms with Crippen molar-refractivity contribution in [1.82, 2.24) is 9.88 Å². The van der Waals surface area contributed by atoms with Crippen molar-refractivity contribution in [3.05, 3.63) is 23.5 Å². The summed E-state index contributed by atoms with van der Waals surface area (Å²) in [6, 6.07) is 2.68. The van der Waals surface area contributed by atoms with Gasteiger partial charge in [0.1, 0.15) is 0 Å². The van der Waals surface area contributed by atoms with Crippen LogP contribution in [0.25, 0.3) is 0 Å². The molecule has 2 atom stereocenters. The van der Waals surface area contributed by atoms with Crippen molar-refractivity contribution >= 4 is 42.1 Å². The molecule has 96 valence electrons. The molecule has 3 rings (SSSR count). The fourth-order valence-corrected chi connectivity index (χ4v) is 2.77. The molecule has 2 fully saturated rings. The van der Waals surface area contributed by atoms with Crippen molar-refractivity contribution < 1.29 is 0 Å². The summed E-state index contributed by atoms with van der Waals surface area (Å²) >= 11 is 5.97. The highest BCUT2D eigenvalue weighted by molar-refractivity contribution is 6.30. The molecular weight excluding hydrogens is 281 g/mol. The van der Waals surface area contributed by atoms with Crippen LogP contribution in [0, 0.1) is 0 Å². The second-order valence-corrected chi connectivity index (χ2v) is 4.73. The predicted molar refractivity (Wildman–Crippen MR) is 75.9 cm³/mol. The Morgan fingerprint density at radius 3 is 2.76 bits per heavy atom. The minimum absolute atomic E-state index is 0. The number of anilines is 1. The molecule has 2 bridgehead atoms. The summed E-state index contributed by atoms with van der Waals surface area (Å²) in [6.45, 7) is 4.72. The largest absolute Gasteiger partial charge is 0.365 e. The molecule has 0 spiro atoms. The van der Waals surface area contributed by atoms with E-state index in [1.807, 2.05) is 12.3 Å². The van der Waals surface area contributed by atoms with Gasteiger partial charge in [0.25, 0.3) is 0 Å². The Kier molecular flexibility index (Phi) is 5.32. The number of aromatic nitrogens is 1. The lowest BCUT2D eigenvalue weighted by atomic mass is 10.2. The van der Waals surface area contributed by atoms with Crippen LogP contribution < -0.4 is 4.90 Å². The monoisotopic (exact) mass is 295 g/mol. The Hall–Kier alpha value is -0.220. The van der Waals surface area contributed by atoms with Crippen molar-refractivity contribution in [3.63, 3.8) is 0 Å². The van der Waals surface area contributed by atoms with Gasteiger partial charge in [-0.1, -0.05) is 11.6 Å². The lowest BCUT2D eigenvalue weighted by Gasteiger charge is -2.35. The Balaban J connectivity index is 0.000000722. The Morgan fingerprint density at radius 1 is 1.18 bits per heavy atom. The third-order valence-corrected chi connectivity index (χ3v) is 3.57. The first-order valence-electron chi connectivity index (χ1n) is 5.42. The van der Waals surface area contributed by atoms with Crippen molar-refractivity contribution in [2.75, 3.05) is 31.1 Å². The summed E-state index contributed by atoms with van der Waals surface area (Å²) in [5.74, 6) is 0. The maximum atomic E-state index is 5.97. The van der Waals surface area contributed by atoms with Crippen LogP contribution in [0.4, 0.5) is 5.69 Å². The van der Waals surface area contributed by atoms with Crippen molar-refractivity contribution in [3.8, 4) is 0 Å². The number of pyridine rings is 1. The minimum atomic E-state index is 0. The van der Waals surface area contributed by atoms with E-state index in [4.69, 9.17) is 11.6 Å². The highest BCUT2D eigenvalue weighted by Gasteiger charge is 2.32. The molecule has 0 amide bonds. The van der Waals surface area contributed by atoms with Crippen LogP contribution in [0.1, 0.15) is 6.42 Å². The molecule has 3 nitrogen and oxygen atoms in total. The van der Waals surface area contributed by atoms with E-state index in [9.17, 15) is 0 Å². The SMILES string of the molecule is Cl.Cl.Clc1cncc(N2CCN3CCC2C3)c1. The molecule has 17 heavy (non-hydrogen) atoms. The van der Waals surface area contributed by atoms with Gasteiger partial charge in [-0.2, -0.15) is 0 Å². The molecular formula is C11H16Cl3N3. The fourth-order valence-electron chi connectivity index (χ4n) is 2.60. The van der Waals surface area contributed by atoms with Gasteiger partial charge in [-0.15, -0.1) is 24.8 Å². The number of fused-ring (bicyclic) bond motifs is 2. The highest BCUT2D eigenvalue weighted by atomic mass is 35.5. The fraction of sp³-hybridized carbons (Fsp3) is 0.545. The van der Waals surface area contributed by atoms with E-state index in [-0.39, 0.29) is 24.8 Å². The van der Waals surface area contributed by atoms with Gasteiger partial charge >= 0.3 is 0 Å². The Bertz CT molecular complexity index is 375. The molecule has 0 aliphatic carbocycles. The van der Waals surface area contributed by atoms with Gasteiger partial charge in [0, 0.05) is 38.4 Å². The number of hydrogen-bond acceptors (Lipinski definition) is 3. The molecule has 2 unspecified atom stereocenters. The zero-order chi connectivity index (χ0) is 10.3. The first kappa shape index (κ1) is 14.8. The molecule has 0 radical (unpaired) electrons. The molecule has 3 heterocycles. The Morgan fingerprint density at radius 2 is 2.00 bits per heavy atom. The number of hydrogen-bond donors (Lipinski definition) is 0. The van der Waals surface area contributed by atoms with Gasteiger partial charge in [0.2, 0.25) is 0 Å². The van der Waals surface area contributed by atoms with E-state index in [1.165, 1.54) is 31.7 Å². The first-order chi connectivity index (χ1) is 7.33. The number of piperazine rings is 1. The molecule has 1 aromatic rings. The number of halogens is 3. The lowest BCUT2D eigenvalue weighted by Crippen LogP contribution is -2.46. The van der Waals surface area contributed by atoms with E-state index in [2.05, 4.69) is 14.8 Å². The van der Waals surface area contributed by atoms with E-state index in [1.54, 1.807) is 6.20 Å². The van der Waals surface area contributed by atoms with Gasteiger partial charge < -0.3 is 4.90 Å². The first-order valence-corrected chi connectivity index (χ1v) is 5.80. The van der Waals surface area contributed by atoms with Gasteiger partial charge in [-0.3, -0.25) is 9.88 Å². The molecule has 1 aromatic heterocycles. The molecule has 0 aromatic carbocycles. The van der Waals surface area contributed by atoms with Crippen molar-refractivity contribution in [2.45, 2.75) is 12.5 Å². The van der Waals surface area contributed by atoms with Crippen LogP contribution in [0.3, 0.4) is 0 Å². The normalized spacial score (nSPS) is 26.1. The molecule has 2 aliphatic rings. The average Bonchev–Trinajstić information content (AvgIpc) is 2.61. The van der Waals surface area contributed by atoms with Crippen LogP contribution in [-0.4, -0.2) is 42.1 Å². The standard InChI is InChI=1S/C11H14ClN3.2ClH/c12-9-5-11(7-13-6-9)15-4-3-14-2-1-10(15)8-14;;/h5-7,10H,1-4,8H2;2*1H. The van der Waals surface area contributed by atoms with Gasteiger partial charge in [0.05, 0.1) is 16.9 Å². The zero-order valence-electron chi connectivity index (χ0n) is 9.38. The zero-order valence-corrected chi connectivity index (χ0v) is 11.8. The molecule has 2 saturated heterocycles. The van der Waals surface area contributed by atoms with Crippen LogP contribution in [0.5, 0.6) is 0 Å². The van der Waals surface area contributed by atoms with Crippen molar-refractivity contribution in [1.29, 1.82) is 0 Å². The number of nitrogens with zero attached hydrogens (tertiary/aromatic N) is 3. The van der Waals surface area contributed by atoms with Gasteiger partial charge in [-0.05, 0) is 12.5 Å². The highest BCUT2D eigenvalue weighted by Crippen LogP contribution is 2.27. The quantitative estimate of drug-likeness (QED) is 0.794. The second kappa shape index (κ2) is 6.10. The summed E-state index contributed by atoms with van der Waals surface area (Å²) in [7, 11) is 0. The van der Waals surface area contributed by atoms with Crippen molar-refractivity contribution in [2.24, 2.45) is 0 Å². The average molecular weight is 297 g/mol. The van der Waals surface area contributed by atoms with E-state index >= 15 is 0 Å². The number of rotatable bonds is 1. The smallest absolute Gasteiger partial charge is 0.0609 e. The maximum Gasteiger partial charge on any atom is 0.0609 e.